The van der Waals surface area contributed by atoms with Gasteiger partial charge in [0.05, 0.1) is 5.56 Å². The van der Waals surface area contributed by atoms with Gasteiger partial charge in [-0.05, 0) is 25.8 Å². The van der Waals surface area contributed by atoms with Crippen LogP contribution >= 0.6 is 0 Å². The molecule has 0 radical (unpaired) electrons. The van der Waals surface area contributed by atoms with E-state index < -0.39 is 0 Å². The van der Waals surface area contributed by atoms with Gasteiger partial charge in [-0.3, -0.25) is 20.3 Å². The Morgan fingerprint density at radius 1 is 1.23 bits per heavy atom. The summed E-state index contributed by atoms with van der Waals surface area (Å²) in [5, 5.41) is 5.84. The number of hydrogen-bond acceptors (Lipinski definition) is 5. The number of carbonyl (C=O) groups excluding carboxylic acids is 3. The molecule has 2 aliphatic heterocycles. The van der Waals surface area contributed by atoms with Gasteiger partial charge in [-0.25, -0.2) is 0 Å². The predicted octanol–water partition coefficient (Wildman–Crippen LogP) is 2.15. The normalized spacial score (nSPS) is 15.6. The van der Waals surface area contributed by atoms with Gasteiger partial charge in [-0.2, -0.15) is 6.42 Å². The molecule has 0 spiro atoms. The molecule has 1 unspecified atom stereocenters. The number of pyridine rings is 1. The van der Waals surface area contributed by atoms with Crippen LogP contribution < -0.4 is 16.2 Å². The SMILES string of the molecule is CCCC(=O)CCCC(C)=O.[CH2-]C(C[C-]1CNC1)n1ccc2c(c1=O)CNC2=O.[U+2]. The third-order valence-corrected chi connectivity index (χ3v) is 5.07. The summed E-state index contributed by atoms with van der Waals surface area (Å²) in [6.07, 6.45) is 5.93. The van der Waals surface area contributed by atoms with Crippen LogP contribution in [0.25, 0.3) is 0 Å². The van der Waals surface area contributed by atoms with E-state index in [1.165, 1.54) is 5.92 Å². The zero-order valence-corrected chi connectivity index (χ0v) is 22.0. The smallest absolute Gasteiger partial charge is 0.375 e. The monoisotopic (exact) mass is 639 g/mol. The minimum absolute atomic E-state index is 0. The third-order valence-electron chi connectivity index (χ3n) is 5.07. The molecule has 2 N–H and O–H groups in total. The van der Waals surface area contributed by atoms with Crippen molar-refractivity contribution in [3.63, 3.8) is 0 Å². The van der Waals surface area contributed by atoms with Crippen LogP contribution in [-0.2, 0) is 16.1 Å². The van der Waals surface area contributed by atoms with Crippen LogP contribution in [-0.4, -0.2) is 35.1 Å². The zero-order chi connectivity index (χ0) is 21.4. The molecule has 0 aliphatic carbocycles. The van der Waals surface area contributed by atoms with E-state index in [0.717, 1.165) is 32.4 Å². The summed E-state index contributed by atoms with van der Waals surface area (Å²) in [7, 11) is 0. The van der Waals surface area contributed by atoms with Crippen LogP contribution in [0.4, 0.5) is 0 Å². The molecule has 1 aromatic heterocycles. The molecule has 30 heavy (non-hydrogen) atoms. The largest absolute Gasteiger partial charge is 2.00 e. The quantitative estimate of drug-likeness (QED) is 0.404. The van der Waals surface area contributed by atoms with E-state index in [9.17, 15) is 19.2 Å². The van der Waals surface area contributed by atoms with Crippen molar-refractivity contribution in [3.8, 4) is 0 Å². The van der Waals surface area contributed by atoms with E-state index >= 15 is 0 Å². The first-order chi connectivity index (χ1) is 13.8. The number of amides is 1. The van der Waals surface area contributed by atoms with Crippen molar-refractivity contribution in [3.05, 3.63) is 46.6 Å². The number of ketones is 2. The van der Waals surface area contributed by atoms with Crippen LogP contribution in [0.5, 0.6) is 0 Å². The maximum Gasteiger partial charge on any atom is 2.00 e. The molecule has 162 valence electrons. The first kappa shape index (κ1) is 26.8. The van der Waals surface area contributed by atoms with Crippen molar-refractivity contribution in [2.75, 3.05) is 13.1 Å². The summed E-state index contributed by atoms with van der Waals surface area (Å²) in [6.45, 7) is 9.77. The number of rotatable bonds is 9. The number of nitrogens with one attached hydrogen (secondary N) is 2. The molecule has 8 heteroatoms. The van der Waals surface area contributed by atoms with Gasteiger partial charge in [0.2, 0.25) is 0 Å². The van der Waals surface area contributed by atoms with E-state index in [1.807, 2.05) is 6.92 Å². The number of hydrogen-bond donors (Lipinski definition) is 2. The second-order valence-electron chi connectivity index (χ2n) is 7.66. The Kier molecular flexibility index (Phi) is 11.8. The topological polar surface area (TPSA) is 97.3 Å². The number of nitrogens with zero attached hydrogens (tertiary/aromatic N) is 1. The van der Waals surface area contributed by atoms with Crippen molar-refractivity contribution in [1.29, 1.82) is 0 Å². The average Bonchev–Trinajstić information content (AvgIpc) is 3.01. The molecule has 0 bridgehead atoms. The molecule has 0 aromatic carbocycles. The summed E-state index contributed by atoms with van der Waals surface area (Å²) < 4.78 is 1.63. The van der Waals surface area contributed by atoms with E-state index in [0.29, 0.717) is 36.9 Å². The zero-order valence-electron chi connectivity index (χ0n) is 17.9. The molecule has 1 fully saturated rings. The molecule has 3 heterocycles. The maximum absolute atomic E-state index is 12.2. The molecule has 7 nitrogen and oxygen atoms in total. The van der Waals surface area contributed by atoms with Gasteiger partial charge >= 0.3 is 31.1 Å². The van der Waals surface area contributed by atoms with Gasteiger partial charge in [0.1, 0.15) is 11.6 Å². The van der Waals surface area contributed by atoms with Gasteiger partial charge in [-0.15, -0.1) is 19.1 Å². The number of Topliss-reactive ketones (excluding diaryl/α,β-unsaturated/α-hetero) is 2. The van der Waals surface area contributed by atoms with Crippen LogP contribution in [0.1, 0.15) is 74.3 Å². The fraction of sp³-hybridized carbons (Fsp3) is 0.545. The molecule has 1 saturated heterocycles. The standard InChI is InChI=1S/C13H15N3O2.C9H16O2.U/c1-8(4-9-5-14-6-9)16-3-2-10-11(13(16)18)7-15-12(10)17;1-3-5-9(11)7-4-6-8(2)10;/h2-3,8,14H,1,4-7H2,(H,15,17);3-7H2,1-2H3;/q-2;;+2. The van der Waals surface area contributed by atoms with Crippen molar-refractivity contribution >= 4 is 17.5 Å². The molecule has 0 saturated carbocycles. The number of aromatic nitrogens is 1. The minimum Gasteiger partial charge on any atom is -0.375 e. The molecular weight excluding hydrogens is 608 g/mol. The number of carbonyl (C=O) groups is 3. The van der Waals surface area contributed by atoms with Crippen molar-refractivity contribution in [2.24, 2.45) is 0 Å². The van der Waals surface area contributed by atoms with Gasteiger partial charge < -0.3 is 26.9 Å². The van der Waals surface area contributed by atoms with Gasteiger partial charge in [0.15, 0.2) is 0 Å². The van der Waals surface area contributed by atoms with Crippen molar-refractivity contribution in [1.82, 2.24) is 15.2 Å². The van der Waals surface area contributed by atoms with Gasteiger partial charge in [0, 0.05) is 37.6 Å². The second kappa shape index (κ2) is 13.2. The van der Waals surface area contributed by atoms with Crippen LogP contribution in [0.3, 0.4) is 0 Å². The van der Waals surface area contributed by atoms with Crippen LogP contribution in [0, 0.1) is 44.0 Å². The predicted molar refractivity (Wildman–Crippen MR) is 111 cm³/mol. The first-order valence-electron chi connectivity index (χ1n) is 10.2. The van der Waals surface area contributed by atoms with E-state index in [4.69, 9.17) is 0 Å². The Bertz CT molecular complexity index is 802. The van der Waals surface area contributed by atoms with E-state index in [1.54, 1.807) is 23.8 Å². The van der Waals surface area contributed by atoms with Gasteiger partial charge in [-0.1, -0.05) is 6.92 Å². The average molecular weight is 640 g/mol. The molecule has 2 aliphatic rings. The van der Waals surface area contributed by atoms with E-state index in [2.05, 4.69) is 17.6 Å². The van der Waals surface area contributed by atoms with E-state index in [-0.39, 0.29) is 60.2 Å². The van der Waals surface area contributed by atoms with Crippen LogP contribution in [0.15, 0.2) is 17.1 Å². The maximum atomic E-state index is 12.2. The van der Waals surface area contributed by atoms with Gasteiger partial charge in [0.25, 0.3) is 11.5 Å². The molecule has 3 rings (SSSR count). The summed E-state index contributed by atoms with van der Waals surface area (Å²) in [6, 6.07) is 1.61. The Labute approximate surface area is 202 Å². The second-order valence-corrected chi connectivity index (χ2v) is 7.66. The Balaban J connectivity index is 0.000000329. The summed E-state index contributed by atoms with van der Waals surface area (Å²) in [5.41, 5.74) is 0.966. The number of fused-ring (bicyclic) bond motifs is 1. The Hall–Kier alpha value is -1.23. The van der Waals surface area contributed by atoms with Crippen LogP contribution in [0.2, 0.25) is 0 Å². The Morgan fingerprint density at radius 2 is 1.93 bits per heavy atom. The molecule has 1 aromatic rings. The minimum atomic E-state index is -0.160. The first-order valence-corrected chi connectivity index (χ1v) is 10.2. The third kappa shape index (κ3) is 7.79. The molecule has 1 atom stereocenters. The summed E-state index contributed by atoms with van der Waals surface area (Å²) in [5.74, 6) is 1.69. The molecular formula is C22H31N3O4U. The summed E-state index contributed by atoms with van der Waals surface area (Å²) in [4.78, 5) is 45.1. The fourth-order valence-corrected chi connectivity index (χ4v) is 3.35. The molecule has 1 amide bonds. The van der Waals surface area contributed by atoms with Crippen molar-refractivity contribution < 1.29 is 45.5 Å². The Morgan fingerprint density at radius 3 is 2.50 bits per heavy atom. The fourth-order valence-electron chi connectivity index (χ4n) is 3.35. The van der Waals surface area contributed by atoms with Crippen molar-refractivity contribution in [2.45, 2.75) is 65.0 Å². The summed E-state index contributed by atoms with van der Waals surface area (Å²) >= 11 is 0.